The first-order chi connectivity index (χ1) is 12.2. The number of benzene rings is 3. The third-order valence-corrected chi connectivity index (χ3v) is 4.04. The minimum atomic E-state index is -0.144. The van der Waals surface area contributed by atoms with Crippen LogP contribution in [-0.4, -0.2) is 19.6 Å². The number of nitrogens with one attached hydrogen (secondary N) is 1. The van der Waals surface area contributed by atoms with Crippen molar-refractivity contribution in [2.45, 2.75) is 13.5 Å². The van der Waals surface area contributed by atoms with Gasteiger partial charge in [0, 0.05) is 12.1 Å². The minimum absolute atomic E-state index is 0.144. The fraction of sp³-hybridized carbons (Fsp3) is 0.190. The van der Waals surface area contributed by atoms with Gasteiger partial charge in [0.1, 0.15) is 0 Å². The summed E-state index contributed by atoms with van der Waals surface area (Å²) >= 11 is 0. The maximum Gasteiger partial charge on any atom is 0.251 e. The highest BCUT2D eigenvalue weighted by atomic mass is 16.5. The molecule has 128 valence electrons. The molecule has 0 heterocycles. The van der Waals surface area contributed by atoms with Crippen molar-refractivity contribution in [3.8, 4) is 11.5 Å². The zero-order chi connectivity index (χ0) is 17.6. The average molecular weight is 335 g/mol. The molecule has 25 heavy (non-hydrogen) atoms. The summed E-state index contributed by atoms with van der Waals surface area (Å²) in [5.41, 5.74) is 1.63. The molecule has 4 nitrogen and oxygen atoms in total. The number of amides is 1. The molecule has 0 bridgehead atoms. The van der Waals surface area contributed by atoms with Crippen LogP contribution in [0.5, 0.6) is 11.5 Å². The number of methoxy groups -OCH3 is 1. The van der Waals surface area contributed by atoms with Gasteiger partial charge in [0.15, 0.2) is 11.5 Å². The first kappa shape index (κ1) is 16.8. The predicted molar refractivity (Wildman–Crippen MR) is 99.3 cm³/mol. The largest absolute Gasteiger partial charge is 0.493 e. The maximum atomic E-state index is 12.5. The lowest BCUT2D eigenvalue weighted by Crippen LogP contribution is -2.23. The van der Waals surface area contributed by atoms with E-state index in [0.29, 0.717) is 30.2 Å². The van der Waals surface area contributed by atoms with Gasteiger partial charge in [0.2, 0.25) is 0 Å². The number of rotatable bonds is 6. The van der Waals surface area contributed by atoms with Crippen LogP contribution in [0.1, 0.15) is 22.8 Å². The summed E-state index contributed by atoms with van der Waals surface area (Å²) in [7, 11) is 1.57. The number of hydrogen-bond donors (Lipinski definition) is 1. The second-order valence-electron chi connectivity index (χ2n) is 5.62. The first-order valence-corrected chi connectivity index (χ1v) is 8.28. The Balaban J connectivity index is 1.76. The van der Waals surface area contributed by atoms with E-state index >= 15 is 0 Å². The summed E-state index contributed by atoms with van der Waals surface area (Å²) in [6.45, 7) is 2.92. The van der Waals surface area contributed by atoms with Crippen LogP contribution < -0.4 is 14.8 Å². The zero-order valence-corrected chi connectivity index (χ0v) is 14.4. The van der Waals surface area contributed by atoms with Crippen LogP contribution in [0.15, 0.2) is 60.7 Å². The molecule has 3 rings (SSSR count). The van der Waals surface area contributed by atoms with Gasteiger partial charge in [-0.1, -0.05) is 42.5 Å². The first-order valence-electron chi connectivity index (χ1n) is 8.28. The molecular weight excluding hydrogens is 314 g/mol. The fourth-order valence-corrected chi connectivity index (χ4v) is 2.81. The molecule has 0 saturated carbocycles. The summed E-state index contributed by atoms with van der Waals surface area (Å²) in [5, 5.41) is 5.29. The van der Waals surface area contributed by atoms with Crippen molar-refractivity contribution in [2.24, 2.45) is 0 Å². The lowest BCUT2D eigenvalue weighted by Gasteiger charge is -2.12. The molecule has 0 unspecified atom stereocenters. The van der Waals surface area contributed by atoms with E-state index in [1.807, 2.05) is 31.2 Å². The SMILES string of the molecule is CCOc1ccc(C(=O)NCc2cccc3ccccc23)cc1OC. The normalized spacial score (nSPS) is 10.5. The molecule has 0 fully saturated rings. The second-order valence-corrected chi connectivity index (χ2v) is 5.62. The summed E-state index contributed by atoms with van der Waals surface area (Å²) in [6.07, 6.45) is 0. The van der Waals surface area contributed by atoms with Gasteiger partial charge < -0.3 is 14.8 Å². The monoisotopic (exact) mass is 335 g/mol. The molecule has 3 aromatic carbocycles. The molecule has 0 aliphatic heterocycles. The Morgan fingerprint density at radius 2 is 1.80 bits per heavy atom. The quantitative estimate of drug-likeness (QED) is 0.735. The van der Waals surface area contributed by atoms with Crippen molar-refractivity contribution in [2.75, 3.05) is 13.7 Å². The van der Waals surface area contributed by atoms with E-state index in [2.05, 4.69) is 23.5 Å². The topological polar surface area (TPSA) is 47.6 Å². The van der Waals surface area contributed by atoms with Crippen molar-refractivity contribution in [3.63, 3.8) is 0 Å². The third kappa shape index (κ3) is 3.74. The average Bonchev–Trinajstić information content (AvgIpc) is 2.66. The molecule has 0 aliphatic carbocycles. The lowest BCUT2D eigenvalue weighted by molar-refractivity contribution is 0.0950. The smallest absolute Gasteiger partial charge is 0.251 e. The van der Waals surface area contributed by atoms with Gasteiger partial charge in [-0.15, -0.1) is 0 Å². The zero-order valence-electron chi connectivity index (χ0n) is 14.4. The number of ether oxygens (including phenoxy) is 2. The van der Waals surface area contributed by atoms with Crippen molar-refractivity contribution in [1.29, 1.82) is 0 Å². The van der Waals surface area contributed by atoms with E-state index in [4.69, 9.17) is 9.47 Å². The molecule has 0 aromatic heterocycles. The Morgan fingerprint density at radius 1 is 1.00 bits per heavy atom. The summed E-state index contributed by atoms with van der Waals surface area (Å²) in [6, 6.07) is 19.4. The fourth-order valence-electron chi connectivity index (χ4n) is 2.81. The number of carbonyl (C=O) groups excluding carboxylic acids is 1. The molecule has 0 radical (unpaired) electrons. The van der Waals surface area contributed by atoms with Crippen LogP contribution in [0.3, 0.4) is 0 Å². The molecule has 4 heteroatoms. The highest BCUT2D eigenvalue weighted by molar-refractivity contribution is 5.95. The van der Waals surface area contributed by atoms with Crippen molar-refractivity contribution in [1.82, 2.24) is 5.32 Å². The summed E-state index contributed by atoms with van der Waals surface area (Å²) < 4.78 is 10.8. The van der Waals surface area contributed by atoms with Crippen molar-refractivity contribution in [3.05, 3.63) is 71.8 Å². The Bertz CT molecular complexity index is 884. The van der Waals surface area contributed by atoms with E-state index in [0.717, 1.165) is 16.3 Å². The maximum absolute atomic E-state index is 12.5. The molecule has 0 atom stereocenters. The summed E-state index contributed by atoms with van der Waals surface area (Å²) in [5.74, 6) is 1.05. The number of fused-ring (bicyclic) bond motifs is 1. The van der Waals surface area contributed by atoms with E-state index in [9.17, 15) is 4.79 Å². The van der Waals surface area contributed by atoms with Crippen LogP contribution in [0.25, 0.3) is 10.8 Å². The molecule has 1 N–H and O–H groups in total. The Labute approximate surface area is 147 Å². The molecular formula is C21H21NO3. The van der Waals surface area contributed by atoms with Gasteiger partial charge in [-0.3, -0.25) is 4.79 Å². The van der Waals surface area contributed by atoms with E-state index in [1.165, 1.54) is 0 Å². The van der Waals surface area contributed by atoms with E-state index in [-0.39, 0.29) is 5.91 Å². The van der Waals surface area contributed by atoms with Crippen molar-refractivity contribution < 1.29 is 14.3 Å². The molecule has 0 saturated heterocycles. The predicted octanol–water partition coefficient (Wildman–Crippen LogP) is 4.18. The van der Waals surface area contributed by atoms with Gasteiger partial charge >= 0.3 is 0 Å². The Hall–Kier alpha value is -3.01. The van der Waals surface area contributed by atoms with Crippen LogP contribution in [0.4, 0.5) is 0 Å². The van der Waals surface area contributed by atoms with Crippen LogP contribution in [0, 0.1) is 0 Å². The van der Waals surface area contributed by atoms with Crippen molar-refractivity contribution >= 4 is 16.7 Å². The molecule has 1 amide bonds. The Kier molecular flexibility index (Phi) is 5.19. The van der Waals surface area contributed by atoms with Crippen LogP contribution in [-0.2, 0) is 6.54 Å². The lowest BCUT2D eigenvalue weighted by atomic mass is 10.0. The summed E-state index contributed by atoms with van der Waals surface area (Å²) in [4.78, 5) is 12.5. The van der Waals surface area contributed by atoms with E-state index in [1.54, 1.807) is 25.3 Å². The minimum Gasteiger partial charge on any atom is -0.493 e. The third-order valence-electron chi connectivity index (χ3n) is 4.04. The van der Waals surface area contributed by atoms with Crippen LogP contribution >= 0.6 is 0 Å². The number of carbonyl (C=O) groups is 1. The van der Waals surface area contributed by atoms with Crippen LogP contribution in [0.2, 0.25) is 0 Å². The highest BCUT2D eigenvalue weighted by Gasteiger charge is 2.11. The van der Waals surface area contributed by atoms with Gasteiger partial charge in [-0.25, -0.2) is 0 Å². The Morgan fingerprint density at radius 3 is 2.60 bits per heavy atom. The number of hydrogen-bond acceptors (Lipinski definition) is 3. The van der Waals surface area contributed by atoms with E-state index < -0.39 is 0 Å². The van der Waals surface area contributed by atoms with Gasteiger partial charge in [0.05, 0.1) is 13.7 Å². The second kappa shape index (κ2) is 7.71. The van der Waals surface area contributed by atoms with Gasteiger partial charge in [-0.2, -0.15) is 0 Å². The van der Waals surface area contributed by atoms with Gasteiger partial charge in [0.25, 0.3) is 5.91 Å². The standard InChI is InChI=1S/C21H21NO3/c1-3-25-19-12-11-16(13-20(19)24-2)21(23)22-14-17-9-6-8-15-7-4-5-10-18(15)17/h4-13H,3,14H2,1-2H3,(H,22,23). The highest BCUT2D eigenvalue weighted by Crippen LogP contribution is 2.28. The molecule has 0 spiro atoms. The molecule has 3 aromatic rings. The van der Waals surface area contributed by atoms with Gasteiger partial charge in [-0.05, 0) is 41.5 Å². The molecule has 0 aliphatic rings.